The smallest absolute Gasteiger partial charge is 0.250 e. The highest BCUT2D eigenvalue weighted by molar-refractivity contribution is 8.01. The van der Waals surface area contributed by atoms with Crippen LogP contribution < -0.4 is 5.32 Å². The summed E-state index contributed by atoms with van der Waals surface area (Å²) >= 11 is 3.35. The van der Waals surface area contributed by atoms with Gasteiger partial charge in [-0.2, -0.15) is 5.21 Å². The Hall–Kier alpha value is -2.11. The average molecular weight is 460 g/mol. The lowest BCUT2D eigenvalue weighted by atomic mass is 9.93. The Morgan fingerprint density at radius 3 is 2.42 bits per heavy atom. The van der Waals surface area contributed by atoms with E-state index in [4.69, 9.17) is 0 Å². The molecule has 3 aliphatic heterocycles. The van der Waals surface area contributed by atoms with Gasteiger partial charge in [0.2, 0.25) is 11.8 Å². The van der Waals surface area contributed by atoms with Crippen LogP contribution in [0.4, 0.5) is 0 Å². The van der Waals surface area contributed by atoms with Gasteiger partial charge in [-0.25, -0.2) is 0 Å². The van der Waals surface area contributed by atoms with Crippen molar-refractivity contribution in [2.24, 2.45) is 0 Å². The summed E-state index contributed by atoms with van der Waals surface area (Å²) in [5.41, 5.74) is 0.257. The van der Waals surface area contributed by atoms with Crippen molar-refractivity contribution in [2.45, 2.75) is 66.5 Å². The lowest BCUT2D eigenvalue weighted by Gasteiger charge is -2.50. The average Bonchev–Trinajstić information content (AvgIpc) is 3.39. The Balaban J connectivity index is 1.44. The number of tetrazole rings is 1. The minimum absolute atomic E-state index is 0.0682. The van der Waals surface area contributed by atoms with Gasteiger partial charge in [-0.1, -0.05) is 17.3 Å². The summed E-state index contributed by atoms with van der Waals surface area (Å²) in [5.74, 6) is 0.365. The van der Waals surface area contributed by atoms with Crippen LogP contribution in [0.1, 0.15) is 51.2 Å². The number of H-pyrrole nitrogens is 1. The van der Waals surface area contributed by atoms with E-state index in [-0.39, 0.29) is 28.0 Å². The molecule has 4 atom stereocenters. The number of benzene rings is 1. The predicted octanol–water partition coefficient (Wildman–Crippen LogP) is 1.93. The first-order valence-electron chi connectivity index (χ1n) is 10.1. The number of rotatable bonds is 4. The number of aromatic nitrogens is 4. The van der Waals surface area contributed by atoms with Crippen molar-refractivity contribution in [2.75, 3.05) is 6.26 Å². The molecule has 2 aromatic rings. The second kappa shape index (κ2) is 6.94. The first-order valence-corrected chi connectivity index (χ1v) is 12.2. The maximum Gasteiger partial charge on any atom is 0.250 e. The zero-order valence-corrected chi connectivity index (χ0v) is 19.6. The zero-order valence-electron chi connectivity index (χ0n) is 18.0. The highest BCUT2D eigenvalue weighted by Crippen LogP contribution is 2.58. The third kappa shape index (κ3) is 3.00. The number of hydrogen-bond donors (Lipinski definition) is 2. The molecular weight excluding hydrogens is 434 g/mol. The molecule has 5 rings (SSSR count). The first-order chi connectivity index (χ1) is 14.7. The zero-order chi connectivity index (χ0) is 22.1. The van der Waals surface area contributed by atoms with E-state index < -0.39 is 17.7 Å². The van der Waals surface area contributed by atoms with Gasteiger partial charge in [-0.05, 0) is 51.6 Å². The van der Waals surface area contributed by atoms with Gasteiger partial charge in [0.05, 0.1) is 5.66 Å². The fourth-order valence-corrected chi connectivity index (χ4v) is 7.03. The van der Waals surface area contributed by atoms with Gasteiger partial charge < -0.3 is 9.80 Å². The van der Waals surface area contributed by atoms with Crippen molar-refractivity contribution >= 4 is 35.3 Å². The molecule has 4 heterocycles. The molecule has 3 unspecified atom stereocenters. The van der Waals surface area contributed by atoms with Crippen molar-refractivity contribution < 1.29 is 9.59 Å². The maximum absolute atomic E-state index is 13.6. The molecule has 11 heteroatoms. The topological polar surface area (TPSA) is 107 Å². The van der Waals surface area contributed by atoms with Crippen LogP contribution in [0, 0.1) is 0 Å². The van der Waals surface area contributed by atoms with E-state index in [9.17, 15) is 9.59 Å². The maximum atomic E-state index is 13.6. The molecule has 0 spiro atoms. The van der Waals surface area contributed by atoms with Crippen molar-refractivity contribution in [3.05, 3.63) is 35.7 Å². The van der Waals surface area contributed by atoms with Gasteiger partial charge in [-0.3, -0.25) is 14.9 Å². The van der Waals surface area contributed by atoms with Gasteiger partial charge in [0.15, 0.2) is 5.82 Å². The SMILES string of the molecule is CSc1ccc(C2NC(C)(C)N(C3C(=O)N4C(c5nn[nH]n5)C(C)(C)S[C@@H]34)C2=O)cc1. The van der Waals surface area contributed by atoms with Crippen LogP contribution in [0.5, 0.6) is 0 Å². The molecule has 3 aliphatic rings. The lowest BCUT2D eigenvalue weighted by Crippen LogP contribution is -2.71. The van der Waals surface area contributed by atoms with E-state index in [2.05, 4.69) is 39.8 Å². The van der Waals surface area contributed by atoms with E-state index >= 15 is 0 Å². The van der Waals surface area contributed by atoms with Crippen molar-refractivity contribution in [1.82, 2.24) is 35.7 Å². The van der Waals surface area contributed by atoms with E-state index in [0.717, 1.165) is 10.5 Å². The standard InChI is InChI=1S/C20H25N7O2S2/c1-19(2)14(15-22-24-25-23-15)26-17(29)13(18(26)31-19)27-16(28)12(21-20(27,3)4)10-6-8-11(30-5)9-7-10/h6-9,12-14,18,21H,1-5H3,(H,22,23,24,25)/t12?,13?,14?,18-/m0/s1. The molecule has 2 N–H and O–H groups in total. The predicted molar refractivity (Wildman–Crippen MR) is 118 cm³/mol. The van der Waals surface area contributed by atoms with Crippen molar-refractivity contribution in [3.8, 4) is 0 Å². The molecule has 1 aromatic heterocycles. The number of fused-ring (bicyclic) bond motifs is 1. The van der Waals surface area contributed by atoms with Crippen LogP contribution in [-0.2, 0) is 9.59 Å². The molecule has 0 bridgehead atoms. The molecule has 9 nitrogen and oxygen atoms in total. The van der Waals surface area contributed by atoms with Crippen LogP contribution >= 0.6 is 23.5 Å². The Bertz CT molecular complexity index is 1020. The summed E-state index contributed by atoms with van der Waals surface area (Å²) in [6.07, 6.45) is 2.02. The van der Waals surface area contributed by atoms with Crippen LogP contribution in [0.3, 0.4) is 0 Å². The highest BCUT2D eigenvalue weighted by Gasteiger charge is 2.67. The van der Waals surface area contributed by atoms with Crippen LogP contribution in [0.15, 0.2) is 29.2 Å². The second-order valence-electron chi connectivity index (χ2n) is 9.09. The van der Waals surface area contributed by atoms with E-state index in [1.54, 1.807) is 28.4 Å². The third-order valence-corrected chi connectivity index (χ3v) is 8.63. The summed E-state index contributed by atoms with van der Waals surface area (Å²) in [4.78, 5) is 31.6. The van der Waals surface area contributed by atoms with E-state index in [1.807, 2.05) is 49.3 Å². The summed E-state index contributed by atoms with van der Waals surface area (Å²) in [6.45, 7) is 8.07. The number of amides is 2. The third-order valence-electron chi connectivity index (χ3n) is 6.33. The number of nitrogens with zero attached hydrogens (tertiary/aromatic N) is 5. The van der Waals surface area contributed by atoms with Gasteiger partial charge in [-0.15, -0.1) is 33.7 Å². The Morgan fingerprint density at radius 2 is 1.81 bits per heavy atom. The summed E-state index contributed by atoms with van der Waals surface area (Å²) < 4.78 is -0.299. The number of β-lactam (4-membered cyclic amide) rings is 1. The molecule has 0 aliphatic carbocycles. The number of thioether (sulfide) groups is 2. The van der Waals surface area contributed by atoms with Crippen molar-refractivity contribution in [1.29, 1.82) is 0 Å². The van der Waals surface area contributed by atoms with E-state index in [1.165, 1.54) is 0 Å². The first kappa shape index (κ1) is 20.8. The fourth-order valence-electron chi connectivity index (χ4n) is 4.94. The number of aromatic amines is 1. The number of hydrogen-bond acceptors (Lipinski definition) is 8. The van der Waals surface area contributed by atoms with Crippen LogP contribution in [-0.4, -0.2) is 70.3 Å². The molecule has 164 valence electrons. The monoisotopic (exact) mass is 459 g/mol. The number of carbonyl (C=O) groups is 2. The number of nitrogens with one attached hydrogen (secondary N) is 2. The van der Waals surface area contributed by atoms with Gasteiger partial charge in [0.25, 0.3) is 0 Å². The van der Waals surface area contributed by atoms with Crippen LogP contribution in [0.2, 0.25) is 0 Å². The molecule has 31 heavy (non-hydrogen) atoms. The Morgan fingerprint density at radius 1 is 1.10 bits per heavy atom. The van der Waals surface area contributed by atoms with Gasteiger partial charge in [0, 0.05) is 9.64 Å². The molecule has 2 amide bonds. The Labute approximate surface area is 189 Å². The molecule has 3 saturated heterocycles. The summed E-state index contributed by atoms with van der Waals surface area (Å²) in [6, 6.07) is 6.73. The molecule has 0 saturated carbocycles. The molecular formula is C20H25N7O2S2. The lowest BCUT2D eigenvalue weighted by molar-refractivity contribution is -0.165. The normalized spacial score (nSPS) is 31.1. The quantitative estimate of drug-likeness (QED) is 0.528. The Kier molecular flexibility index (Phi) is 4.65. The number of carbonyl (C=O) groups excluding carboxylic acids is 2. The molecule has 1 aromatic carbocycles. The van der Waals surface area contributed by atoms with Crippen molar-refractivity contribution in [3.63, 3.8) is 0 Å². The van der Waals surface area contributed by atoms with Gasteiger partial charge in [0.1, 0.15) is 23.5 Å². The van der Waals surface area contributed by atoms with Gasteiger partial charge >= 0.3 is 0 Å². The largest absolute Gasteiger partial charge is 0.314 e. The highest BCUT2D eigenvalue weighted by atomic mass is 32.2. The fraction of sp³-hybridized carbons (Fsp3) is 0.550. The second-order valence-corrected chi connectivity index (χ2v) is 11.7. The minimum atomic E-state index is -0.652. The molecule has 3 fully saturated rings. The summed E-state index contributed by atoms with van der Waals surface area (Å²) in [7, 11) is 0. The van der Waals surface area contributed by atoms with Crippen LogP contribution in [0.25, 0.3) is 0 Å². The van der Waals surface area contributed by atoms with E-state index in [0.29, 0.717) is 5.82 Å². The summed E-state index contributed by atoms with van der Waals surface area (Å²) in [5, 5.41) is 17.7. The minimum Gasteiger partial charge on any atom is -0.314 e. The molecule has 0 radical (unpaired) electrons.